The number of benzene rings is 2. The van der Waals surface area contributed by atoms with E-state index in [2.05, 4.69) is 28.9 Å². The average Bonchev–Trinajstić information content (AvgIpc) is 2.53. The molecule has 2 rings (SSSR count). The van der Waals surface area contributed by atoms with Crippen LogP contribution in [-0.4, -0.2) is 13.7 Å². The van der Waals surface area contributed by atoms with Crippen LogP contribution in [-0.2, 0) is 6.54 Å². The molecule has 0 aliphatic carbocycles. The minimum Gasteiger partial charge on any atom is -0.497 e. The topological polar surface area (TPSA) is 40.6 Å². The van der Waals surface area contributed by atoms with E-state index in [1.807, 2.05) is 24.3 Å². The van der Waals surface area contributed by atoms with E-state index in [9.17, 15) is 0 Å². The Morgan fingerprint density at radius 3 is 2.20 bits per heavy atom. The summed E-state index contributed by atoms with van der Waals surface area (Å²) >= 11 is 0. The molecule has 0 aromatic heterocycles. The van der Waals surface area contributed by atoms with Crippen LogP contribution in [0.2, 0.25) is 0 Å². The van der Waals surface area contributed by atoms with Gasteiger partial charge in [0.15, 0.2) is 4.98 Å². The first-order chi connectivity index (χ1) is 9.76. The lowest BCUT2D eigenvalue weighted by Crippen LogP contribution is -2.21. The molecule has 0 amide bonds. The number of nitrogens with zero attached hydrogens (tertiary/aromatic N) is 3. The van der Waals surface area contributed by atoms with Gasteiger partial charge in [-0.3, -0.25) is 0 Å². The largest absolute Gasteiger partial charge is 0.497 e. The van der Waals surface area contributed by atoms with Crippen molar-refractivity contribution in [2.75, 3.05) is 18.6 Å². The van der Waals surface area contributed by atoms with Gasteiger partial charge in [0.05, 0.1) is 7.11 Å². The molecule has 4 nitrogen and oxygen atoms in total. The van der Waals surface area contributed by atoms with Gasteiger partial charge in [0.2, 0.25) is 5.39 Å². The molecule has 0 saturated carbocycles. The molecule has 0 atom stereocenters. The predicted octanol–water partition coefficient (Wildman–Crippen LogP) is 4.21. The van der Waals surface area contributed by atoms with Crippen LogP contribution in [0.25, 0.3) is 4.98 Å². The van der Waals surface area contributed by atoms with Gasteiger partial charge in [0, 0.05) is 30.9 Å². The normalized spacial score (nSPS) is 9.85. The van der Waals surface area contributed by atoms with Gasteiger partial charge in [-0.15, -0.1) is 0 Å². The lowest BCUT2D eigenvalue weighted by molar-refractivity contribution is 0.414. The molecule has 0 radical (unpaired) electrons. The molecular formula is C16H18N3O+. The molecule has 4 heteroatoms. The molecule has 0 unspecified atom stereocenters. The minimum absolute atomic E-state index is 0.564. The summed E-state index contributed by atoms with van der Waals surface area (Å²) in [6.07, 6.45) is 0. The van der Waals surface area contributed by atoms with Crippen molar-refractivity contribution in [1.29, 1.82) is 5.39 Å². The summed E-state index contributed by atoms with van der Waals surface area (Å²) in [7, 11) is 1.67. The first-order valence-corrected chi connectivity index (χ1v) is 6.60. The highest BCUT2D eigenvalue weighted by atomic mass is 16.5. The highest BCUT2D eigenvalue weighted by Gasteiger charge is 2.08. The van der Waals surface area contributed by atoms with E-state index >= 15 is 0 Å². The molecule has 0 bridgehead atoms. The smallest absolute Gasteiger partial charge is 0.385 e. The van der Waals surface area contributed by atoms with E-state index in [-0.39, 0.29) is 0 Å². The zero-order chi connectivity index (χ0) is 14.4. The fourth-order valence-corrected chi connectivity index (χ4v) is 2.07. The molecule has 0 aliphatic heterocycles. The zero-order valence-corrected chi connectivity index (χ0v) is 11.8. The van der Waals surface area contributed by atoms with Crippen molar-refractivity contribution in [3.8, 4) is 5.75 Å². The van der Waals surface area contributed by atoms with E-state index in [0.29, 0.717) is 5.69 Å². The Balaban J connectivity index is 2.12. The van der Waals surface area contributed by atoms with E-state index in [1.54, 1.807) is 19.2 Å². The van der Waals surface area contributed by atoms with Gasteiger partial charge >= 0.3 is 5.69 Å². The van der Waals surface area contributed by atoms with Crippen molar-refractivity contribution in [2.45, 2.75) is 13.5 Å². The van der Waals surface area contributed by atoms with E-state index in [1.165, 1.54) is 5.56 Å². The Hall–Kier alpha value is -2.54. The second kappa shape index (κ2) is 6.58. The van der Waals surface area contributed by atoms with Gasteiger partial charge in [-0.1, -0.05) is 12.1 Å². The van der Waals surface area contributed by atoms with Crippen LogP contribution in [0.4, 0.5) is 11.4 Å². The summed E-state index contributed by atoms with van der Waals surface area (Å²) in [5.74, 6) is 0.866. The van der Waals surface area contributed by atoms with Crippen molar-refractivity contribution in [3.63, 3.8) is 0 Å². The Bertz CT molecular complexity index is 585. The SMILES string of the molecule is CCN(Cc1ccc(OC)cc1)c1ccc([N+]#N)cc1. The Morgan fingerprint density at radius 2 is 1.70 bits per heavy atom. The Morgan fingerprint density at radius 1 is 1.05 bits per heavy atom. The van der Waals surface area contributed by atoms with Crippen LogP contribution in [0.15, 0.2) is 48.5 Å². The van der Waals surface area contributed by atoms with Gasteiger partial charge in [-0.2, -0.15) is 0 Å². The molecule has 20 heavy (non-hydrogen) atoms. The molecule has 0 saturated heterocycles. The molecule has 2 aromatic carbocycles. The highest BCUT2D eigenvalue weighted by Crippen LogP contribution is 2.22. The number of rotatable bonds is 5. The van der Waals surface area contributed by atoms with Crippen molar-refractivity contribution >= 4 is 11.4 Å². The lowest BCUT2D eigenvalue weighted by atomic mass is 10.2. The summed E-state index contributed by atoms with van der Waals surface area (Å²) < 4.78 is 5.16. The number of anilines is 1. The average molecular weight is 268 g/mol. The fraction of sp³-hybridized carbons (Fsp3) is 0.250. The molecule has 0 fully saturated rings. The Labute approximate surface area is 119 Å². The molecule has 0 N–H and O–H groups in total. The van der Waals surface area contributed by atoms with Crippen molar-refractivity contribution in [1.82, 2.24) is 0 Å². The van der Waals surface area contributed by atoms with E-state index in [0.717, 1.165) is 24.5 Å². The highest BCUT2D eigenvalue weighted by molar-refractivity contribution is 5.55. The van der Waals surface area contributed by atoms with Crippen LogP contribution >= 0.6 is 0 Å². The summed E-state index contributed by atoms with van der Waals surface area (Å²) in [5.41, 5.74) is 2.90. The van der Waals surface area contributed by atoms with Crippen molar-refractivity contribution < 1.29 is 4.74 Å². The third-order valence-electron chi connectivity index (χ3n) is 3.24. The summed E-state index contributed by atoms with van der Waals surface area (Å²) in [5, 5.41) is 8.71. The summed E-state index contributed by atoms with van der Waals surface area (Å²) in [6.45, 7) is 3.85. The number of diazo groups is 1. The van der Waals surface area contributed by atoms with Gasteiger partial charge < -0.3 is 9.64 Å². The predicted molar refractivity (Wildman–Crippen MR) is 80.9 cm³/mol. The van der Waals surface area contributed by atoms with E-state index in [4.69, 9.17) is 10.1 Å². The first-order valence-electron chi connectivity index (χ1n) is 6.60. The van der Waals surface area contributed by atoms with Gasteiger partial charge in [-0.25, -0.2) is 0 Å². The molecule has 0 aliphatic rings. The maximum atomic E-state index is 8.71. The maximum absolute atomic E-state index is 8.71. The maximum Gasteiger partial charge on any atom is 0.385 e. The standard InChI is InChI=1S/C16H18N3O/c1-3-19(15-8-6-14(18-17)7-9-15)12-13-4-10-16(20-2)11-5-13/h4-11H,3,12H2,1-2H3/q+1. The number of methoxy groups -OCH3 is 1. The summed E-state index contributed by atoms with van der Waals surface area (Å²) in [6, 6.07) is 15.6. The molecule has 102 valence electrons. The van der Waals surface area contributed by atoms with Crippen LogP contribution in [0, 0.1) is 5.39 Å². The number of ether oxygens (including phenoxy) is 1. The number of hydrogen-bond acceptors (Lipinski definition) is 3. The van der Waals surface area contributed by atoms with Crippen molar-refractivity contribution in [3.05, 3.63) is 59.1 Å². The Kier molecular flexibility index (Phi) is 4.56. The number of hydrogen-bond donors (Lipinski definition) is 0. The van der Waals surface area contributed by atoms with E-state index < -0.39 is 0 Å². The third-order valence-corrected chi connectivity index (χ3v) is 3.24. The van der Waals surface area contributed by atoms with Gasteiger partial charge in [-0.05, 0) is 36.8 Å². The van der Waals surface area contributed by atoms with Gasteiger partial charge in [0.25, 0.3) is 0 Å². The molecule has 0 heterocycles. The first kappa shape index (κ1) is 13.9. The molecule has 0 spiro atoms. The van der Waals surface area contributed by atoms with Crippen LogP contribution in [0.3, 0.4) is 0 Å². The summed E-state index contributed by atoms with van der Waals surface area (Å²) in [4.78, 5) is 5.42. The zero-order valence-electron chi connectivity index (χ0n) is 11.8. The van der Waals surface area contributed by atoms with Crippen LogP contribution in [0.5, 0.6) is 5.75 Å². The van der Waals surface area contributed by atoms with Crippen LogP contribution < -0.4 is 9.64 Å². The second-order valence-electron chi connectivity index (χ2n) is 4.48. The third kappa shape index (κ3) is 3.27. The fourth-order valence-electron chi connectivity index (χ4n) is 2.07. The monoisotopic (exact) mass is 268 g/mol. The second-order valence-corrected chi connectivity index (χ2v) is 4.48. The quantitative estimate of drug-likeness (QED) is 0.763. The molecular weight excluding hydrogens is 250 g/mol. The van der Waals surface area contributed by atoms with Crippen LogP contribution in [0.1, 0.15) is 12.5 Å². The molecule has 2 aromatic rings. The van der Waals surface area contributed by atoms with Crippen molar-refractivity contribution in [2.24, 2.45) is 0 Å². The van der Waals surface area contributed by atoms with Gasteiger partial charge in [0.1, 0.15) is 5.75 Å². The minimum atomic E-state index is 0.564. The lowest BCUT2D eigenvalue weighted by Gasteiger charge is -2.23.